The van der Waals surface area contributed by atoms with Crippen LogP contribution in [0.25, 0.3) is 11.2 Å². The summed E-state index contributed by atoms with van der Waals surface area (Å²) in [6, 6.07) is 0. The van der Waals surface area contributed by atoms with Gasteiger partial charge in [-0.2, -0.15) is 9.97 Å². The Bertz CT molecular complexity index is 554. The molecular weight excluding hydrogens is 240 g/mol. The lowest BCUT2D eigenvalue weighted by Crippen LogP contribution is -2.25. The molecule has 0 saturated heterocycles. The van der Waals surface area contributed by atoms with Crippen molar-refractivity contribution in [2.75, 3.05) is 24.2 Å². The van der Waals surface area contributed by atoms with Gasteiger partial charge in [-0.1, -0.05) is 27.7 Å². The lowest BCUT2D eigenvalue weighted by atomic mass is 9.82. The van der Waals surface area contributed by atoms with Crippen LogP contribution < -0.4 is 10.6 Å². The summed E-state index contributed by atoms with van der Waals surface area (Å²) in [6.45, 7) is 9.81. The van der Waals surface area contributed by atoms with Gasteiger partial charge in [0.2, 0.25) is 5.95 Å². The van der Waals surface area contributed by atoms with Crippen molar-refractivity contribution in [1.82, 2.24) is 19.9 Å². The molecule has 0 radical (unpaired) electrons. The molecule has 0 bridgehead atoms. The van der Waals surface area contributed by atoms with Gasteiger partial charge in [-0.15, -0.1) is 0 Å². The quantitative estimate of drug-likeness (QED) is 0.789. The Morgan fingerprint density at radius 1 is 1.32 bits per heavy atom. The summed E-state index contributed by atoms with van der Waals surface area (Å²) < 4.78 is 0. The topological polar surface area (TPSA) is 78.5 Å². The third-order valence-electron chi connectivity index (χ3n) is 3.56. The highest BCUT2D eigenvalue weighted by Crippen LogP contribution is 2.26. The van der Waals surface area contributed by atoms with E-state index >= 15 is 0 Å². The van der Waals surface area contributed by atoms with Crippen LogP contribution >= 0.6 is 0 Å². The van der Waals surface area contributed by atoms with Crippen LogP contribution in [0.5, 0.6) is 0 Å². The second-order valence-electron chi connectivity index (χ2n) is 5.89. The van der Waals surface area contributed by atoms with Crippen LogP contribution in [0.2, 0.25) is 0 Å². The molecule has 6 nitrogen and oxygen atoms in total. The molecular formula is C13H22N6. The molecule has 0 fully saturated rings. The highest BCUT2D eigenvalue weighted by Gasteiger charge is 2.20. The largest absolute Gasteiger partial charge is 0.368 e. The van der Waals surface area contributed by atoms with E-state index in [2.05, 4.69) is 58.3 Å². The Balaban J connectivity index is 2.22. The first-order valence-corrected chi connectivity index (χ1v) is 6.54. The first-order chi connectivity index (χ1) is 8.91. The van der Waals surface area contributed by atoms with Crippen molar-refractivity contribution in [2.45, 2.75) is 27.7 Å². The summed E-state index contributed by atoms with van der Waals surface area (Å²) in [7, 11) is 1.80. The zero-order chi connectivity index (χ0) is 14.0. The molecule has 0 aliphatic rings. The second-order valence-corrected chi connectivity index (χ2v) is 5.89. The standard InChI is InChI=1S/C13H22N6/c1-8(13(2,3)4)6-15-10-9-11(17-7-16-9)19-12(14-5)18-10/h7-8H,6H2,1-5H3,(H3,14,15,16,17,18,19). The first kappa shape index (κ1) is 13.6. The first-order valence-electron chi connectivity index (χ1n) is 6.54. The molecule has 104 valence electrons. The fourth-order valence-electron chi connectivity index (χ4n) is 1.63. The summed E-state index contributed by atoms with van der Waals surface area (Å²) in [5, 5.41) is 6.34. The van der Waals surface area contributed by atoms with Gasteiger partial charge in [0.1, 0.15) is 5.52 Å². The van der Waals surface area contributed by atoms with E-state index in [4.69, 9.17) is 0 Å². The van der Waals surface area contributed by atoms with Crippen molar-refractivity contribution in [1.29, 1.82) is 0 Å². The van der Waals surface area contributed by atoms with Gasteiger partial charge in [-0.3, -0.25) is 0 Å². The number of fused-ring (bicyclic) bond motifs is 1. The van der Waals surface area contributed by atoms with E-state index in [1.807, 2.05) is 0 Å². The zero-order valence-electron chi connectivity index (χ0n) is 12.2. The number of anilines is 2. The van der Waals surface area contributed by atoms with Crippen LogP contribution in [0.4, 0.5) is 11.8 Å². The fourth-order valence-corrected chi connectivity index (χ4v) is 1.63. The van der Waals surface area contributed by atoms with Crippen LogP contribution in [0, 0.1) is 11.3 Å². The molecule has 2 aromatic heterocycles. The Kier molecular flexibility index (Phi) is 3.59. The maximum absolute atomic E-state index is 4.44. The van der Waals surface area contributed by atoms with Crippen LogP contribution in [-0.2, 0) is 0 Å². The molecule has 0 spiro atoms. The number of hydrogen-bond donors (Lipinski definition) is 3. The molecule has 2 heterocycles. The molecule has 2 rings (SSSR count). The van der Waals surface area contributed by atoms with Gasteiger partial charge >= 0.3 is 0 Å². The van der Waals surface area contributed by atoms with Crippen molar-refractivity contribution >= 4 is 22.9 Å². The molecule has 19 heavy (non-hydrogen) atoms. The van der Waals surface area contributed by atoms with Gasteiger partial charge in [0.25, 0.3) is 0 Å². The zero-order valence-corrected chi connectivity index (χ0v) is 12.2. The van der Waals surface area contributed by atoms with Gasteiger partial charge in [-0.25, -0.2) is 4.98 Å². The van der Waals surface area contributed by atoms with Gasteiger partial charge in [0.15, 0.2) is 11.5 Å². The normalized spacial score (nSPS) is 13.5. The molecule has 2 aromatic rings. The smallest absolute Gasteiger partial charge is 0.226 e. The Hall–Kier alpha value is -1.85. The number of aromatic amines is 1. The van der Waals surface area contributed by atoms with Gasteiger partial charge in [0.05, 0.1) is 6.33 Å². The summed E-state index contributed by atoms with van der Waals surface area (Å²) >= 11 is 0. The number of rotatable bonds is 4. The monoisotopic (exact) mass is 262 g/mol. The lowest BCUT2D eigenvalue weighted by molar-refractivity contribution is 0.274. The predicted molar refractivity (Wildman–Crippen MR) is 78.3 cm³/mol. The highest BCUT2D eigenvalue weighted by atomic mass is 15.2. The van der Waals surface area contributed by atoms with Crippen LogP contribution in [0.15, 0.2) is 6.33 Å². The SMILES string of the molecule is CNc1nc(NCC(C)C(C)(C)C)c2[nH]cnc2n1. The van der Waals surface area contributed by atoms with Crippen molar-refractivity contribution in [2.24, 2.45) is 11.3 Å². The number of hydrogen-bond acceptors (Lipinski definition) is 5. The summed E-state index contributed by atoms with van der Waals surface area (Å²) in [5.74, 6) is 1.90. The van der Waals surface area contributed by atoms with Crippen molar-refractivity contribution in [3.63, 3.8) is 0 Å². The van der Waals surface area contributed by atoms with Gasteiger partial charge < -0.3 is 15.6 Å². The average molecular weight is 262 g/mol. The maximum atomic E-state index is 4.44. The minimum Gasteiger partial charge on any atom is -0.368 e. The van der Waals surface area contributed by atoms with Crippen molar-refractivity contribution in [3.8, 4) is 0 Å². The van der Waals surface area contributed by atoms with E-state index in [-0.39, 0.29) is 5.41 Å². The third kappa shape index (κ3) is 2.94. The predicted octanol–water partition coefficient (Wildman–Crippen LogP) is 2.49. The maximum Gasteiger partial charge on any atom is 0.226 e. The summed E-state index contributed by atoms with van der Waals surface area (Å²) in [4.78, 5) is 16.0. The van der Waals surface area contributed by atoms with E-state index in [1.165, 1.54) is 0 Å². The van der Waals surface area contributed by atoms with E-state index < -0.39 is 0 Å². The minimum atomic E-state index is 0.263. The third-order valence-corrected chi connectivity index (χ3v) is 3.56. The van der Waals surface area contributed by atoms with Crippen molar-refractivity contribution in [3.05, 3.63) is 6.33 Å². The van der Waals surface area contributed by atoms with E-state index in [0.29, 0.717) is 17.5 Å². The van der Waals surface area contributed by atoms with E-state index in [1.54, 1.807) is 13.4 Å². The second kappa shape index (κ2) is 5.03. The highest BCUT2D eigenvalue weighted by molar-refractivity contribution is 5.83. The molecule has 3 N–H and O–H groups in total. The molecule has 0 amide bonds. The molecule has 0 aliphatic carbocycles. The summed E-state index contributed by atoms with van der Waals surface area (Å²) in [5.41, 5.74) is 1.78. The number of nitrogens with zero attached hydrogens (tertiary/aromatic N) is 3. The molecule has 1 atom stereocenters. The lowest BCUT2D eigenvalue weighted by Gasteiger charge is -2.27. The minimum absolute atomic E-state index is 0.263. The van der Waals surface area contributed by atoms with Crippen LogP contribution in [-0.4, -0.2) is 33.5 Å². The van der Waals surface area contributed by atoms with Gasteiger partial charge in [-0.05, 0) is 11.3 Å². The number of aromatic nitrogens is 4. The fraction of sp³-hybridized carbons (Fsp3) is 0.615. The summed E-state index contributed by atoms with van der Waals surface area (Å²) in [6.07, 6.45) is 1.64. The van der Waals surface area contributed by atoms with Crippen molar-refractivity contribution < 1.29 is 0 Å². The van der Waals surface area contributed by atoms with Crippen LogP contribution in [0.3, 0.4) is 0 Å². The molecule has 0 saturated carbocycles. The average Bonchev–Trinajstić information content (AvgIpc) is 2.82. The Morgan fingerprint density at radius 3 is 2.68 bits per heavy atom. The number of H-pyrrole nitrogens is 1. The molecule has 0 aliphatic heterocycles. The number of imidazole rings is 1. The van der Waals surface area contributed by atoms with Gasteiger partial charge in [0, 0.05) is 13.6 Å². The van der Waals surface area contributed by atoms with Crippen LogP contribution in [0.1, 0.15) is 27.7 Å². The number of nitrogens with one attached hydrogen (secondary N) is 3. The Morgan fingerprint density at radius 2 is 2.05 bits per heavy atom. The Labute approximate surface area is 113 Å². The van der Waals surface area contributed by atoms with E-state index in [9.17, 15) is 0 Å². The molecule has 1 unspecified atom stereocenters. The molecule has 0 aromatic carbocycles. The van der Waals surface area contributed by atoms with E-state index in [0.717, 1.165) is 17.9 Å². The molecule has 6 heteroatoms.